The molecule has 0 N–H and O–H groups in total. The average molecular weight is 312 g/mol. The molecule has 2 heterocycles. The van der Waals surface area contributed by atoms with Crippen molar-refractivity contribution in [3.63, 3.8) is 0 Å². The summed E-state index contributed by atoms with van der Waals surface area (Å²) in [6, 6.07) is 11.6. The van der Waals surface area contributed by atoms with Gasteiger partial charge in [-0.25, -0.2) is 0 Å². The molecule has 5 nitrogen and oxygen atoms in total. The van der Waals surface area contributed by atoms with E-state index in [4.69, 9.17) is 9.26 Å². The number of aromatic nitrogens is 1. The summed E-state index contributed by atoms with van der Waals surface area (Å²) >= 11 is 0. The molecule has 0 spiro atoms. The van der Waals surface area contributed by atoms with E-state index in [1.54, 1.807) is 6.07 Å². The Morgan fingerprint density at radius 3 is 2.87 bits per heavy atom. The van der Waals surface area contributed by atoms with Crippen molar-refractivity contribution in [1.82, 2.24) is 10.1 Å². The molecule has 5 heteroatoms. The Balaban J connectivity index is 1.56. The lowest BCUT2D eigenvalue weighted by atomic mass is 9.90. The second-order valence-corrected chi connectivity index (χ2v) is 6.20. The Morgan fingerprint density at radius 1 is 1.17 bits per heavy atom. The first-order chi connectivity index (χ1) is 11.3. The second kappa shape index (κ2) is 6.16. The second-order valence-electron chi connectivity index (χ2n) is 6.20. The Kier molecular flexibility index (Phi) is 3.87. The van der Waals surface area contributed by atoms with Crippen molar-refractivity contribution < 1.29 is 14.1 Å². The van der Waals surface area contributed by atoms with Gasteiger partial charge in [0.2, 0.25) is 0 Å². The van der Waals surface area contributed by atoms with Crippen molar-refractivity contribution in [2.24, 2.45) is 0 Å². The topological polar surface area (TPSA) is 55.6 Å². The lowest BCUT2D eigenvalue weighted by molar-refractivity contribution is -0.0755. The van der Waals surface area contributed by atoms with Crippen LogP contribution in [0.3, 0.4) is 0 Å². The third-order valence-corrected chi connectivity index (χ3v) is 4.78. The summed E-state index contributed by atoms with van der Waals surface area (Å²) in [4.78, 5) is 14.8. The monoisotopic (exact) mass is 312 g/mol. The maximum Gasteiger partial charge on any atom is 0.276 e. The van der Waals surface area contributed by atoms with Gasteiger partial charge in [0.05, 0.1) is 18.8 Å². The molecule has 2 fully saturated rings. The van der Waals surface area contributed by atoms with E-state index in [9.17, 15) is 4.79 Å². The van der Waals surface area contributed by atoms with Gasteiger partial charge in [-0.1, -0.05) is 48.3 Å². The predicted molar refractivity (Wildman–Crippen MR) is 85.0 cm³/mol. The Bertz CT molecular complexity index is 681. The van der Waals surface area contributed by atoms with E-state index in [1.165, 1.54) is 6.42 Å². The normalized spacial score (nSPS) is 24.3. The van der Waals surface area contributed by atoms with E-state index in [0.29, 0.717) is 24.6 Å². The summed E-state index contributed by atoms with van der Waals surface area (Å²) in [5.41, 5.74) is 1.31. The van der Waals surface area contributed by atoms with Crippen LogP contribution in [0.15, 0.2) is 40.9 Å². The minimum atomic E-state index is -0.0452. The van der Waals surface area contributed by atoms with Gasteiger partial charge in [0, 0.05) is 18.2 Å². The summed E-state index contributed by atoms with van der Waals surface area (Å²) in [5, 5.41) is 4.00. The Morgan fingerprint density at radius 2 is 2.00 bits per heavy atom. The van der Waals surface area contributed by atoms with E-state index in [1.807, 2.05) is 35.2 Å². The molecule has 1 saturated heterocycles. The van der Waals surface area contributed by atoms with Gasteiger partial charge in [-0.3, -0.25) is 4.79 Å². The first-order valence-electron chi connectivity index (χ1n) is 8.27. The number of fused-ring (bicyclic) bond motifs is 1. The van der Waals surface area contributed by atoms with E-state index >= 15 is 0 Å². The highest BCUT2D eigenvalue weighted by Gasteiger charge is 2.37. The van der Waals surface area contributed by atoms with Crippen LogP contribution in [0.4, 0.5) is 0 Å². The van der Waals surface area contributed by atoms with E-state index in [0.717, 1.165) is 24.8 Å². The van der Waals surface area contributed by atoms with Crippen LogP contribution in [0.25, 0.3) is 11.3 Å². The van der Waals surface area contributed by atoms with Gasteiger partial charge < -0.3 is 14.2 Å². The van der Waals surface area contributed by atoms with Crippen LogP contribution < -0.4 is 0 Å². The molecule has 2 atom stereocenters. The molecule has 2 aromatic rings. The van der Waals surface area contributed by atoms with Crippen molar-refractivity contribution >= 4 is 5.91 Å². The number of amides is 1. The summed E-state index contributed by atoms with van der Waals surface area (Å²) in [5.74, 6) is 0.582. The fraction of sp³-hybridized carbons (Fsp3) is 0.444. The standard InChI is InChI=1S/C18H20N2O3/c21-18(20-10-11-22-16-9-5-4-8-15(16)20)14-12-17(23-19-14)13-6-2-1-3-7-13/h1-3,6-7,12,15-16H,4-5,8-11H2/t15-,16-/m1/s1. The number of hydrogen-bond acceptors (Lipinski definition) is 4. The number of carbonyl (C=O) groups excluding carboxylic acids is 1. The highest BCUT2D eigenvalue weighted by atomic mass is 16.5. The molecule has 0 radical (unpaired) electrons. The highest BCUT2D eigenvalue weighted by Crippen LogP contribution is 2.30. The molecule has 1 aliphatic carbocycles. The molecular weight excluding hydrogens is 292 g/mol. The molecule has 4 rings (SSSR count). The van der Waals surface area contributed by atoms with Crippen LogP contribution in [-0.4, -0.2) is 41.3 Å². The molecule has 0 bridgehead atoms. The average Bonchev–Trinajstić information content (AvgIpc) is 3.11. The lowest BCUT2D eigenvalue weighted by Gasteiger charge is -2.43. The Hall–Kier alpha value is -2.14. The first-order valence-corrected chi connectivity index (χ1v) is 8.27. The van der Waals surface area contributed by atoms with Crippen LogP contribution in [-0.2, 0) is 4.74 Å². The number of ether oxygens (including phenoxy) is 1. The van der Waals surface area contributed by atoms with E-state index in [-0.39, 0.29) is 18.1 Å². The number of morpholine rings is 1. The number of benzene rings is 1. The van der Waals surface area contributed by atoms with Crippen molar-refractivity contribution in [2.75, 3.05) is 13.2 Å². The van der Waals surface area contributed by atoms with Gasteiger partial charge in [0.1, 0.15) is 0 Å². The third-order valence-electron chi connectivity index (χ3n) is 4.78. The SMILES string of the molecule is O=C(c1cc(-c2ccccc2)on1)N1CCO[C@@H]2CCCC[C@H]21. The van der Waals surface area contributed by atoms with Crippen molar-refractivity contribution in [2.45, 2.75) is 37.8 Å². The van der Waals surface area contributed by atoms with Crippen LogP contribution in [0.2, 0.25) is 0 Å². The fourth-order valence-corrected chi connectivity index (χ4v) is 3.61. The van der Waals surface area contributed by atoms with Gasteiger partial charge in [-0.15, -0.1) is 0 Å². The Labute approximate surface area is 135 Å². The third kappa shape index (κ3) is 2.77. The fourth-order valence-electron chi connectivity index (χ4n) is 3.61. The largest absolute Gasteiger partial charge is 0.374 e. The lowest BCUT2D eigenvalue weighted by Crippen LogP contribution is -2.54. The summed E-state index contributed by atoms with van der Waals surface area (Å²) in [6.07, 6.45) is 4.58. The molecule has 120 valence electrons. The molecule has 0 unspecified atom stereocenters. The zero-order valence-electron chi connectivity index (χ0n) is 13.0. The summed E-state index contributed by atoms with van der Waals surface area (Å²) < 4.78 is 11.2. The van der Waals surface area contributed by atoms with Gasteiger partial charge in [-0.05, 0) is 12.8 Å². The molecular formula is C18H20N2O3. The number of rotatable bonds is 2. The van der Waals surface area contributed by atoms with Crippen LogP contribution in [0.5, 0.6) is 0 Å². The number of nitrogens with zero attached hydrogens (tertiary/aromatic N) is 2. The zero-order chi connectivity index (χ0) is 15.6. The predicted octanol–water partition coefficient (Wildman–Crippen LogP) is 3.13. The maximum atomic E-state index is 12.8. The molecule has 2 aliphatic rings. The van der Waals surface area contributed by atoms with Crippen molar-refractivity contribution in [1.29, 1.82) is 0 Å². The zero-order valence-corrected chi connectivity index (χ0v) is 13.0. The highest BCUT2D eigenvalue weighted by molar-refractivity contribution is 5.93. The molecule has 23 heavy (non-hydrogen) atoms. The molecule has 1 saturated carbocycles. The van der Waals surface area contributed by atoms with Crippen molar-refractivity contribution in [3.8, 4) is 11.3 Å². The summed E-state index contributed by atoms with van der Waals surface area (Å²) in [6.45, 7) is 1.24. The van der Waals surface area contributed by atoms with E-state index in [2.05, 4.69) is 5.16 Å². The van der Waals surface area contributed by atoms with Gasteiger partial charge >= 0.3 is 0 Å². The summed E-state index contributed by atoms with van der Waals surface area (Å²) in [7, 11) is 0. The van der Waals surface area contributed by atoms with Crippen LogP contribution in [0.1, 0.15) is 36.2 Å². The van der Waals surface area contributed by atoms with Gasteiger partial charge in [0.15, 0.2) is 11.5 Å². The number of hydrogen-bond donors (Lipinski definition) is 0. The molecule has 1 amide bonds. The van der Waals surface area contributed by atoms with Gasteiger partial charge in [0.25, 0.3) is 5.91 Å². The molecule has 1 aromatic carbocycles. The van der Waals surface area contributed by atoms with Crippen LogP contribution >= 0.6 is 0 Å². The minimum absolute atomic E-state index is 0.0452. The van der Waals surface area contributed by atoms with Crippen molar-refractivity contribution in [3.05, 3.63) is 42.1 Å². The van der Waals surface area contributed by atoms with E-state index < -0.39 is 0 Å². The smallest absolute Gasteiger partial charge is 0.276 e. The molecule has 1 aromatic heterocycles. The minimum Gasteiger partial charge on any atom is -0.374 e. The van der Waals surface area contributed by atoms with Crippen LogP contribution in [0, 0.1) is 0 Å². The quantitative estimate of drug-likeness (QED) is 0.855. The van der Waals surface area contributed by atoms with Gasteiger partial charge in [-0.2, -0.15) is 0 Å². The number of carbonyl (C=O) groups is 1. The first kappa shape index (κ1) is 14.5. The molecule has 1 aliphatic heterocycles. The maximum absolute atomic E-state index is 12.8.